The maximum Gasteiger partial charge on any atom is 0.252 e. The Morgan fingerprint density at radius 2 is 1.93 bits per heavy atom. The maximum absolute atomic E-state index is 12.6. The number of rotatable bonds is 5. The zero-order valence-corrected chi connectivity index (χ0v) is 18.2. The molecule has 2 fully saturated rings. The molecule has 3 rings (SSSR count). The third-order valence-electron chi connectivity index (χ3n) is 5.89. The highest BCUT2D eigenvalue weighted by molar-refractivity contribution is 7.91. The predicted octanol–water partition coefficient (Wildman–Crippen LogP) is 2.65. The number of hydrogen-bond donors (Lipinski definition) is 1. The minimum atomic E-state index is -3.49. The number of nitrogens with zero attached hydrogens (tertiary/aromatic N) is 2. The molecule has 1 aromatic rings. The van der Waals surface area contributed by atoms with Crippen molar-refractivity contribution in [3.8, 4) is 0 Å². The average Bonchev–Trinajstić information content (AvgIpc) is 3.07. The zero-order valence-electron chi connectivity index (χ0n) is 15.9. The summed E-state index contributed by atoms with van der Waals surface area (Å²) in [7, 11) is -3.49. The van der Waals surface area contributed by atoms with Crippen molar-refractivity contribution in [3.63, 3.8) is 0 Å². The first kappa shape index (κ1) is 21.0. The number of carbonyl (C=O) groups excluding carboxylic acids is 1. The van der Waals surface area contributed by atoms with Gasteiger partial charge in [0.2, 0.25) is 5.91 Å². The highest BCUT2D eigenvalue weighted by Crippen LogP contribution is 2.30. The fraction of sp³-hybridized carbons (Fsp3) is 0.722. The monoisotopic (exact) mass is 433 g/mol. The van der Waals surface area contributed by atoms with Gasteiger partial charge in [-0.1, -0.05) is 38.3 Å². The number of thiophene rings is 1. The lowest BCUT2D eigenvalue weighted by atomic mass is 9.78. The molecule has 152 valence electrons. The molecule has 1 amide bonds. The number of sulfonamides is 1. The Bertz CT molecular complexity index is 760. The van der Waals surface area contributed by atoms with Crippen LogP contribution in [0, 0.1) is 11.8 Å². The van der Waals surface area contributed by atoms with Crippen LogP contribution < -0.4 is 5.32 Å². The van der Waals surface area contributed by atoms with E-state index in [-0.39, 0.29) is 16.2 Å². The molecule has 1 aromatic heterocycles. The van der Waals surface area contributed by atoms with E-state index < -0.39 is 10.0 Å². The summed E-state index contributed by atoms with van der Waals surface area (Å²) < 4.78 is 27.5. The summed E-state index contributed by atoms with van der Waals surface area (Å²) in [5, 5.41) is 3.19. The fourth-order valence-electron chi connectivity index (χ4n) is 3.93. The van der Waals surface area contributed by atoms with E-state index >= 15 is 0 Å². The smallest absolute Gasteiger partial charge is 0.252 e. The second-order valence-corrected chi connectivity index (χ2v) is 11.6. The van der Waals surface area contributed by atoms with Crippen molar-refractivity contribution in [2.45, 2.75) is 43.4 Å². The molecule has 3 atom stereocenters. The Morgan fingerprint density at radius 3 is 2.56 bits per heavy atom. The number of hydrogen-bond acceptors (Lipinski definition) is 5. The van der Waals surface area contributed by atoms with Crippen molar-refractivity contribution in [1.29, 1.82) is 0 Å². The van der Waals surface area contributed by atoms with Crippen LogP contribution in [-0.4, -0.2) is 62.3 Å². The van der Waals surface area contributed by atoms with Gasteiger partial charge in [-0.3, -0.25) is 9.69 Å². The Kier molecular flexibility index (Phi) is 6.84. The van der Waals surface area contributed by atoms with Crippen molar-refractivity contribution in [2.75, 3.05) is 32.7 Å². The van der Waals surface area contributed by atoms with Crippen LogP contribution in [0.25, 0.3) is 0 Å². The molecule has 6 nitrogen and oxygen atoms in total. The molecule has 0 spiro atoms. The lowest BCUT2D eigenvalue weighted by molar-refractivity contribution is -0.124. The van der Waals surface area contributed by atoms with Gasteiger partial charge in [0.1, 0.15) is 4.21 Å². The highest BCUT2D eigenvalue weighted by Gasteiger charge is 2.31. The zero-order chi connectivity index (χ0) is 19.6. The number of amides is 1. The molecule has 1 N–H and O–H groups in total. The van der Waals surface area contributed by atoms with Gasteiger partial charge in [0.25, 0.3) is 10.0 Å². The van der Waals surface area contributed by atoms with Crippen LogP contribution in [0.3, 0.4) is 0 Å². The number of halogens is 1. The summed E-state index contributed by atoms with van der Waals surface area (Å²) >= 11 is 6.95. The lowest BCUT2D eigenvalue weighted by Crippen LogP contribution is -2.52. The molecule has 9 heteroatoms. The normalized spacial score (nSPS) is 28.2. The highest BCUT2D eigenvalue weighted by atomic mass is 35.5. The summed E-state index contributed by atoms with van der Waals surface area (Å²) in [5.41, 5.74) is 0. The van der Waals surface area contributed by atoms with Crippen molar-refractivity contribution >= 4 is 38.9 Å². The van der Waals surface area contributed by atoms with E-state index in [2.05, 4.69) is 19.2 Å². The maximum atomic E-state index is 12.6. The fourth-order valence-corrected chi connectivity index (χ4v) is 6.99. The first-order valence-electron chi connectivity index (χ1n) is 9.54. The van der Waals surface area contributed by atoms with Gasteiger partial charge in [-0.25, -0.2) is 8.42 Å². The average molecular weight is 434 g/mol. The topological polar surface area (TPSA) is 69.7 Å². The molecule has 1 aliphatic heterocycles. The van der Waals surface area contributed by atoms with Crippen LogP contribution in [0.2, 0.25) is 4.34 Å². The standard InChI is InChI=1S/C18H28ClN3O3S2/c1-13-4-3-5-15(14(13)2)20-17(23)12-21-8-10-22(11-9-21)27(24,25)18-7-6-16(19)26-18/h6-7,13-15H,3-5,8-12H2,1-2H3,(H,20,23)/t13-,14+,15-/m0/s1. The molecule has 27 heavy (non-hydrogen) atoms. The molecule has 1 aliphatic carbocycles. The van der Waals surface area contributed by atoms with E-state index in [0.717, 1.165) is 17.8 Å². The summed E-state index contributed by atoms with van der Waals surface area (Å²) in [6, 6.07) is 3.41. The van der Waals surface area contributed by atoms with Gasteiger partial charge in [-0.2, -0.15) is 4.31 Å². The van der Waals surface area contributed by atoms with Crippen molar-refractivity contribution in [2.24, 2.45) is 11.8 Å². The molecule has 1 saturated heterocycles. The third kappa shape index (κ3) is 5.03. The van der Waals surface area contributed by atoms with Crippen molar-refractivity contribution < 1.29 is 13.2 Å². The molecular formula is C18H28ClN3O3S2. The second kappa shape index (κ2) is 8.78. The van der Waals surface area contributed by atoms with Gasteiger partial charge in [0.05, 0.1) is 10.9 Å². The van der Waals surface area contributed by atoms with Gasteiger partial charge >= 0.3 is 0 Å². The van der Waals surface area contributed by atoms with Gasteiger partial charge in [-0.05, 0) is 30.4 Å². The van der Waals surface area contributed by atoms with Gasteiger partial charge in [0.15, 0.2) is 0 Å². The van der Waals surface area contributed by atoms with Crippen molar-refractivity contribution in [3.05, 3.63) is 16.5 Å². The van der Waals surface area contributed by atoms with Gasteiger partial charge in [0, 0.05) is 32.2 Å². The molecule has 0 unspecified atom stereocenters. The summed E-state index contributed by atoms with van der Waals surface area (Å²) in [5.74, 6) is 1.19. The SMILES string of the molecule is C[C@H]1[C@@H](NC(=O)CN2CCN(S(=O)(=O)c3ccc(Cl)s3)CC2)CCC[C@@H]1C. The summed E-state index contributed by atoms with van der Waals surface area (Å²) in [4.78, 5) is 14.5. The quantitative estimate of drug-likeness (QED) is 0.774. The van der Waals surface area contributed by atoms with Crippen LogP contribution in [-0.2, 0) is 14.8 Å². The van der Waals surface area contributed by atoms with E-state index in [0.29, 0.717) is 48.9 Å². The largest absolute Gasteiger partial charge is 0.352 e. The Balaban J connectivity index is 1.48. The van der Waals surface area contributed by atoms with E-state index in [1.807, 2.05) is 4.90 Å². The van der Waals surface area contributed by atoms with Crippen LogP contribution in [0.15, 0.2) is 16.3 Å². The molecule has 0 radical (unpaired) electrons. The molecule has 2 aliphatic rings. The van der Waals surface area contributed by atoms with Gasteiger partial charge < -0.3 is 5.32 Å². The van der Waals surface area contributed by atoms with E-state index in [1.54, 1.807) is 12.1 Å². The molecular weight excluding hydrogens is 406 g/mol. The Labute approximate surface area is 170 Å². The Hall–Kier alpha value is -0.670. The summed E-state index contributed by atoms with van der Waals surface area (Å²) in [6.45, 7) is 6.70. The summed E-state index contributed by atoms with van der Waals surface area (Å²) in [6.07, 6.45) is 3.45. The predicted molar refractivity (Wildman–Crippen MR) is 109 cm³/mol. The molecule has 0 bridgehead atoms. The van der Waals surface area contributed by atoms with Crippen LogP contribution in [0.5, 0.6) is 0 Å². The van der Waals surface area contributed by atoms with E-state index in [1.165, 1.54) is 17.1 Å². The first-order valence-corrected chi connectivity index (χ1v) is 12.2. The number of nitrogens with one attached hydrogen (secondary N) is 1. The minimum absolute atomic E-state index is 0.0438. The molecule has 0 aromatic carbocycles. The molecule has 2 heterocycles. The third-order valence-corrected chi connectivity index (χ3v) is 9.49. The van der Waals surface area contributed by atoms with Gasteiger partial charge in [-0.15, -0.1) is 11.3 Å². The van der Waals surface area contributed by atoms with Crippen LogP contribution in [0.1, 0.15) is 33.1 Å². The second-order valence-electron chi connectivity index (χ2n) is 7.68. The number of piperazine rings is 1. The Morgan fingerprint density at radius 1 is 1.22 bits per heavy atom. The molecule has 1 saturated carbocycles. The first-order chi connectivity index (χ1) is 12.8. The minimum Gasteiger partial charge on any atom is -0.352 e. The van der Waals surface area contributed by atoms with Crippen LogP contribution in [0.4, 0.5) is 0 Å². The van der Waals surface area contributed by atoms with E-state index in [4.69, 9.17) is 11.6 Å². The lowest BCUT2D eigenvalue weighted by Gasteiger charge is -2.36. The van der Waals surface area contributed by atoms with Crippen molar-refractivity contribution in [1.82, 2.24) is 14.5 Å². The van der Waals surface area contributed by atoms with Crippen LogP contribution >= 0.6 is 22.9 Å². The number of carbonyl (C=O) groups is 1. The van der Waals surface area contributed by atoms with E-state index in [9.17, 15) is 13.2 Å².